The van der Waals surface area contributed by atoms with Crippen LogP contribution in [0.25, 0.3) is 11.1 Å². The van der Waals surface area contributed by atoms with E-state index in [4.69, 9.17) is 16.0 Å². The van der Waals surface area contributed by atoms with E-state index < -0.39 is 0 Å². The number of oxazole rings is 1. The van der Waals surface area contributed by atoms with Crippen LogP contribution >= 0.6 is 11.6 Å². The van der Waals surface area contributed by atoms with E-state index >= 15 is 0 Å². The van der Waals surface area contributed by atoms with E-state index in [1.54, 1.807) is 4.90 Å². The third-order valence-corrected chi connectivity index (χ3v) is 3.65. The molecule has 1 aromatic heterocycles. The molecular formula is C13H13ClN2O2. The summed E-state index contributed by atoms with van der Waals surface area (Å²) in [5, 5.41) is 0. The molecular weight excluding hydrogens is 252 g/mol. The van der Waals surface area contributed by atoms with Gasteiger partial charge in [-0.1, -0.05) is 0 Å². The number of anilines is 1. The lowest BCUT2D eigenvalue weighted by Crippen LogP contribution is -2.24. The molecule has 0 aliphatic carbocycles. The van der Waals surface area contributed by atoms with Gasteiger partial charge >= 0.3 is 0 Å². The van der Waals surface area contributed by atoms with Crippen LogP contribution in [0.3, 0.4) is 0 Å². The van der Waals surface area contributed by atoms with Gasteiger partial charge in [-0.2, -0.15) is 0 Å². The zero-order chi connectivity index (χ0) is 12.7. The highest BCUT2D eigenvalue weighted by Crippen LogP contribution is 2.28. The number of carbonyl (C=O) groups excluding carboxylic acids is 1. The lowest BCUT2D eigenvalue weighted by atomic mass is 10.1. The third-order valence-electron chi connectivity index (χ3n) is 3.21. The predicted octanol–water partition coefficient (Wildman–Crippen LogP) is 2.73. The van der Waals surface area contributed by atoms with Crippen molar-refractivity contribution in [3.05, 3.63) is 24.1 Å². The lowest BCUT2D eigenvalue weighted by molar-refractivity contribution is -0.117. The molecule has 0 bridgehead atoms. The standard InChI is InChI=1S/C13H13ClN2O2/c1-8-15-11-3-2-10(5-12(11)18-8)16-7-9(6-14)4-13(16)17/h2-3,5,9H,4,6-7H2,1H3. The smallest absolute Gasteiger partial charge is 0.227 e. The van der Waals surface area contributed by atoms with Crippen molar-refractivity contribution in [1.82, 2.24) is 4.98 Å². The number of alkyl halides is 1. The minimum atomic E-state index is 0.122. The summed E-state index contributed by atoms with van der Waals surface area (Å²) in [6.07, 6.45) is 0.525. The molecule has 3 rings (SSSR count). The van der Waals surface area contributed by atoms with Gasteiger partial charge in [-0.25, -0.2) is 4.98 Å². The fourth-order valence-electron chi connectivity index (χ4n) is 2.33. The van der Waals surface area contributed by atoms with Crippen molar-refractivity contribution in [2.24, 2.45) is 5.92 Å². The monoisotopic (exact) mass is 264 g/mol. The summed E-state index contributed by atoms with van der Waals surface area (Å²) in [6, 6.07) is 5.64. The van der Waals surface area contributed by atoms with E-state index in [1.807, 2.05) is 25.1 Å². The van der Waals surface area contributed by atoms with E-state index in [0.717, 1.165) is 11.2 Å². The van der Waals surface area contributed by atoms with Crippen LogP contribution in [0.1, 0.15) is 12.3 Å². The predicted molar refractivity (Wildman–Crippen MR) is 69.9 cm³/mol. The second kappa shape index (κ2) is 4.28. The van der Waals surface area contributed by atoms with Gasteiger partial charge in [0.1, 0.15) is 5.52 Å². The van der Waals surface area contributed by atoms with Gasteiger partial charge in [0.25, 0.3) is 0 Å². The molecule has 0 radical (unpaired) electrons. The van der Waals surface area contributed by atoms with E-state index in [-0.39, 0.29) is 11.8 Å². The molecule has 1 atom stereocenters. The van der Waals surface area contributed by atoms with Crippen LogP contribution in [0.15, 0.2) is 22.6 Å². The molecule has 18 heavy (non-hydrogen) atoms. The molecule has 0 saturated carbocycles. The number of halogens is 1. The van der Waals surface area contributed by atoms with Crippen molar-refractivity contribution >= 4 is 34.3 Å². The molecule has 1 amide bonds. The molecule has 1 fully saturated rings. The molecule has 5 heteroatoms. The zero-order valence-electron chi connectivity index (χ0n) is 10.0. The molecule has 1 aliphatic heterocycles. The van der Waals surface area contributed by atoms with E-state index in [9.17, 15) is 4.79 Å². The highest BCUT2D eigenvalue weighted by atomic mass is 35.5. The maximum atomic E-state index is 11.9. The zero-order valence-corrected chi connectivity index (χ0v) is 10.8. The Balaban J connectivity index is 1.96. The Morgan fingerprint density at radius 1 is 1.56 bits per heavy atom. The summed E-state index contributed by atoms with van der Waals surface area (Å²) in [4.78, 5) is 17.9. The van der Waals surface area contributed by atoms with Crippen molar-refractivity contribution in [1.29, 1.82) is 0 Å². The number of aryl methyl sites for hydroxylation is 1. The number of carbonyl (C=O) groups is 1. The molecule has 0 spiro atoms. The summed E-state index contributed by atoms with van der Waals surface area (Å²) >= 11 is 5.82. The Morgan fingerprint density at radius 3 is 3.11 bits per heavy atom. The number of benzene rings is 1. The largest absolute Gasteiger partial charge is 0.441 e. The maximum absolute atomic E-state index is 11.9. The van der Waals surface area contributed by atoms with Crippen LogP contribution in [0, 0.1) is 12.8 Å². The topological polar surface area (TPSA) is 46.3 Å². The van der Waals surface area contributed by atoms with E-state index in [1.165, 1.54) is 0 Å². The molecule has 0 N–H and O–H groups in total. The number of aromatic nitrogens is 1. The van der Waals surface area contributed by atoms with Gasteiger partial charge in [0.05, 0.1) is 0 Å². The number of hydrogen-bond acceptors (Lipinski definition) is 3. The molecule has 1 unspecified atom stereocenters. The van der Waals surface area contributed by atoms with Gasteiger partial charge in [0, 0.05) is 37.5 Å². The Bertz CT molecular complexity index is 608. The second-order valence-corrected chi connectivity index (χ2v) is 4.92. The first-order chi connectivity index (χ1) is 8.67. The SMILES string of the molecule is Cc1nc2ccc(N3CC(CCl)CC3=O)cc2o1. The molecule has 1 aliphatic rings. The number of fused-ring (bicyclic) bond motifs is 1. The van der Waals surface area contributed by atoms with Gasteiger partial charge in [-0.15, -0.1) is 11.6 Å². The minimum absolute atomic E-state index is 0.122. The van der Waals surface area contributed by atoms with Crippen LogP contribution < -0.4 is 4.90 Å². The fraction of sp³-hybridized carbons (Fsp3) is 0.385. The summed E-state index contributed by atoms with van der Waals surface area (Å²) in [5.74, 6) is 1.52. The van der Waals surface area contributed by atoms with Crippen LogP contribution in [0.4, 0.5) is 5.69 Å². The number of amides is 1. The average molecular weight is 265 g/mol. The van der Waals surface area contributed by atoms with Crippen molar-refractivity contribution in [2.75, 3.05) is 17.3 Å². The van der Waals surface area contributed by atoms with Crippen molar-refractivity contribution in [3.8, 4) is 0 Å². The summed E-state index contributed by atoms with van der Waals surface area (Å²) in [7, 11) is 0. The molecule has 1 aromatic carbocycles. The Kier molecular flexibility index (Phi) is 2.74. The Hall–Kier alpha value is -1.55. The van der Waals surface area contributed by atoms with Crippen molar-refractivity contribution in [3.63, 3.8) is 0 Å². The van der Waals surface area contributed by atoms with Crippen LogP contribution in [-0.4, -0.2) is 23.3 Å². The number of rotatable bonds is 2. The maximum Gasteiger partial charge on any atom is 0.227 e. The summed E-state index contributed by atoms with van der Waals surface area (Å²) in [6.45, 7) is 2.49. The summed E-state index contributed by atoms with van der Waals surface area (Å²) in [5.41, 5.74) is 2.39. The van der Waals surface area contributed by atoms with Crippen LogP contribution in [-0.2, 0) is 4.79 Å². The van der Waals surface area contributed by atoms with Crippen LogP contribution in [0.5, 0.6) is 0 Å². The van der Waals surface area contributed by atoms with Gasteiger partial charge < -0.3 is 9.32 Å². The number of hydrogen-bond donors (Lipinski definition) is 0. The normalized spacial score (nSPS) is 20.0. The second-order valence-electron chi connectivity index (χ2n) is 4.61. The molecule has 4 nitrogen and oxygen atoms in total. The minimum Gasteiger partial charge on any atom is -0.441 e. The summed E-state index contributed by atoms with van der Waals surface area (Å²) < 4.78 is 5.48. The Morgan fingerprint density at radius 2 is 2.39 bits per heavy atom. The molecule has 2 heterocycles. The first kappa shape index (κ1) is 11.5. The molecule has 94 valence electrons. The van der Waals surface area contributed by atoms with E-state index in [0.29, 0.717) is 30.3 Å². The number of nitrogens with zero attached hydrogens (tertiary/aromatic N) is 2. The quantitative estimate of drug-likeness (QED) is 0.784. The van der Waals surface area contributed by atoms with Gasteiger partial charge in [-0.05, 0) is 18.1 Å². The van der Waals surface area contributed by atoms with Crippen molar-refractivity contribution in [2.45, 2.75) is 13.3 Å². The van der Waals surface area contributed by atoms with Gasteiger partial charge in [0.2, 0.25) is 5.91 Å². The third kappa shape index (κ3) is 1.86. The van der Waals surface area contributed by atoms with Gasteiger partial charge in [-0.3, -0.25) is 4.79 Å². The van der Waals surface area contributed by atoms with E-state index in [2.05, 4.69) is 4.98 Å². The fourth-order valence-corrected chi connectivity index (χ4v) is 2.54. The highest BCUT2D eigenvalue weighted by molar-refractivity contribution is 6.18. The van der Waals surface area contributed by atoms with Crippen LogP contribution in [0.2, 0.25) is 0 Å². The average Bonchev–Trinajstić information content (AvgIpc) is 2.89. The first-order valence-corrected chi connectivity index (χ1v) is 6.44. The van der Waals surface area contributed by atoms with Gasteiger partial charge in [0.15, 0.2) is 11.5 Å². The highest BCUT2D eigenvalue weighted by Gasteiger charge is 2.30. The molecule has 1 saturated heterocycles. The van der Waals surface area contributed by atoms with Crippen molar-refractivity contribution < 1.29 is 9.21 Å². The first-order valence-electron chi connectivity index (χ1n) is 5.91. The lowest BCUT2D eigenvalue weighted by Gasteiger charge is -2.15. The molecule has 2 aromatic rings. The Labute approximate surface area is 110 Å².